The molecule has 5 nitrogen and oxygen atoms in total. The van der Waals surface area contributed by atoms with Crippen LogP contribution >= 0.6 is 0 Å². The van der Waals surface area contributed by atoms with Crippen LogP contribution < -0.4 is 15.0 Å². The second-order valence-electron chi connectivity index (χ2n) is 6.24. The second-order valence-corrected chi connectivity index (χ2v) is 6.24. The summed E-state index contributed by atoms with van der Waals surface area (Å²) in [6.07, 6.45) is 0. The third kappa shape index (κ3) is 6.85. The van der Waals surface area contributed by atoms with Crippen LogP contribution in [0.15, 0.2) is 54.6 Å². The summed E-state index contributed by atoms with van der Waals surface area (Å²) in [5, 5.41) is 2.95. The summed E-state index contributed by atoms with van der Waals surface area (Å²) in [7, 11) is 5.93. The van der Waals surface area contributed by atoms with Gasteiger partial charge in [0.2, 0.25) is 5.91 Å². The number of rotatable bonds is 9. The molecule has 0 atom stereocenters. The van der Waals surface area contributed by atoms with E-state index in [9.17, 15) is 4.79 Å². The van der Waals surface area contributed by atoms with Crippen LogP contribution in [0.1, 0.15) is 5.56 Å². The number of para-hydroxylation sites is 1. The number of hydrogen-bond donors (Lipinski definition) is 1. The highest BCUT2D eigenvalue weighted by atomic mass is 16.5. The van der Waals surface area contributed by atoms with E-state index in [4.69, 9.17) is 4.74 Å². The molecule has 0 heterocycles. The van der Waals surface area contributed by atoms with Gasteiger partial charge in [0.1, 0.15) is 12.4 Å². The molecule has 134 valence electrons. The fourth-order valence-corrected chi connectivity index (χ4v) is 2.33. The predicted molar refractivity (Wildman–Crippen MR) is 102 cm³/mol. The van der Waals surface area contributed by atoms with Crippen molar-refractivity contribution in [3.05, 3.63) is 60.2 Å². The second kappa shape index (κ2) is 9.69. The summed E-state index contributed by atoms with van der Waals surface area (Å²) in [5.41, 5.74) is 2.24. The van der Waals surface area contributed by atoms with Crippen LogP contribution in [0.2, 0.25) is 0 Å². The van der Waals surface area contributed by atoms with E-state index in [1.54, 1.807) is 0 Å². The van der Waals surface area contributed by atoms with Crippen molar-refractivity contribution in [1.82, 2.24) is 10.2 Å². The van der Waals surface area contributed by atoms with Crippen LogP contribution in [0.3, 0.4) is 0 Å². The quantitative estimate of drug-likeness (QED) is 0.761. The van der Waals surface area contributed by atoms with Crippen LogP contribution in [-0.4, -0.2) is 51.6 Å². The fraction of sp³-hybridized carbons (Fsp3) is 0.350. The zero-order chi connectivity index (χ0) is 18.1. The molecule has 0 radical (unpaired) electrons. The molecule has 2 aromatic rings. The van der Waals surface area contributed by atoms with E-state index >= 15 is 0 Å². The molecule has 1 amide bonds. The van der Waals surface area contributed by atoms with Gasteiger partial charge in [-0.3, -0.25) is 9.69 Å². The zero-order valence-corrected chi connectivity index (χ0v) is 15.2. The average Bonchev–Trinajstić information content (AvgIpc) is 2.61. The Kier molecular flexibility index (Phi) is 7.29. The summed E-state index contributed by atoms with van der Waals surface area (Å²) >= 11 is 0. The minimum atomic E-state index is 0.0129. The van der Waals surface area contributed by atoms with Crippen molar-refractivity contribution in [2.75, 3.05) is 45.7 Å². The first kappa shape index (κ1) is 18.8. The minimum absolute atomic E-state index is 0.0129. The number of hydrogen-bond acceptors (Lipinski definition) is 4. The first-order valence-electron chi connectivity index (χ1n) is 8.44. The first-order valence-corrected chi connectivity index (χ1v) is 8.44. The molecule has 0 aliphatic carbocycles. The third-order valence-corrected chi connectivity index (χ3v) is 3.84. The summed E-state index contributed by atoms with van der Waals surface area (Å²) in [5.74, 6) is 0.861. The molecule has 0 saturated heterocycles. The number of nitrogens with one attached hydrogen (secondary N) is 1. The van der Waals surface area contributed by atoms with Gasteiger partial charge < -0.3 is 15.0 Å². The van der Waals surface area contributed by atoms with Crippen molar-refractivity contribution in [2.45, 2.75) is 6.54 Å². The molecule has 0 aliphatic rings. The van der Waals surface area contributed by atoms with Gasteiger partial charge >= 0.3 is 0 Å². The van der Waals surface area contributed by atoms with Crippen molar-refractivity contribution in [3.8, 4) is 5.75 Å². The largest absolute Gasteiger partial charge is 0.492 e. The van der Waals surface area contributed by atoms with Gasteiger partial charge in [-0.25, -0.2) is 0 Å². The lowest BCUT2D eigenvalue weighted by Crippen LogP contribution is -2.36. The number of anilines is 1. The molecule has 2 rings (SSSR count). The van der Waals surface area contributed by atoms with E-state index in [2.05, 4.69) is 22.3 Å². The maximum absolute atomic E-state index is 12.0. The van der Waals surface area contributed by atoms with Gasteiger partial charge in [-0.15, -0.1) is 0 Å². The molecule has 0 saturated carbocycles. The van der Waals surface area contributed by atoms with E-state index in [1.807, 2.05) is 68.5 Å². The lowest BCUT2D eigenvalue weighted by molar-refractivity contribution is -0.122. The molecule has 2 aromatic carbocycles. The number of ether oxygens (including phenoxy) is 1. The molecule has 1 N–H and O–H groups in total. The van der Waals surface area contributed by atoms with Crippen molar-refractivity contribution in [1.29, 1.82) is 0 Å². The molecule has 0 spiro atoms. The lowest BCUT2D eigenvalue weighted by atomic mass is 10.2. The zero-order valence-electron chi connectivity index (χ0n) is 15.2. The smallest absolute Gasteiger partial charge is 0.234 e. The highest BCUT2D eigenvalue weighted by Gasteiger charge is 2.06. The molecular formula is C20H27N3O2. The van der Waals surface area contributed by atoms with E-state index in [0.717, 1.165) is 17.0 Å². The summed E-state index contributed by atoms with van der Waals surface area (Å²) in [4.78, 5) is 16.0. The Labute approximate surface area is 150 Å². The maximum atomic E-state index is 12.0. The number of benzene rings is 2. The number of likely N-dealkylation sites (N-methyl/N-ethyl adjacent to an activating group) is 1. The Morgan fingerprint density at radius 1 is 1.00 bits per heavy atom. The molecule has 0 bridgehead atoms. The number of carbonyl (C=O) groups excluding carboxylic acids is 1. The van der Waals surface area contributed by atoms with Gasteiger partial charge in [-0.2, -0.15) is 0 Å². The number of carbonyl (C=O) groups is 1. The van der Waals surface area contributed by atoms with Gasteiger partial charge in [-0.05, 0) is 36.9 Å². The summed E-state index contributed by atoms with van der Waals surface area (Å²) in [6, 6.07) is 17.9. The highest BCUT2D eigenvalue weighted by molar-refractivity contribution is 5.77. The van der Waals surface area contributed by atoms with Gasteiger partial charge in [0.15, 0.2) is 0 Å². The van der Waals surface area contributed by atoms with Gasteiger partial charge in [0.05, 0.1) is 6.54 Å². The van der Waals surface area contributed by atoms with Crippen LogP contribution in [-0.2, 0) is 11.3 Å². The van der Waals surface area contributed by atoms with E-state index in [-0.39, 0.29) is 5.91 Å². The Morgan fingerprint density at radius 3 is 2.32 bits per heavy atom. The molecule has 0 fully saturated rings. The molecule has 0 unspecified atom stereocenters. The predicted octanol–water partition coefficient (Wildman–Crippen LogP) is 2.38. The van der Waals surface area contributed by atoms with Crippen LogP contribution in [0.5, 0.6) is 5.75 Å². The Morgan fingerprint density at radius 2 is 1.68 bits per heavy atom. The van der Waals surface area contributed by atoms with Gasteiger partial charge in [0.25, 0.3) is 0 Å². The van der Waals surface area contributed by atoms with Crippen LogP contribution in [0.4, 0.5) is 5.69 Å². The Bertz CT molecular complexity index is 642. The number of amides is 1. The fourth-order valence-electron chi connectivity index (χ4n) is 2.33. The monoisotopic (exact) mass is 341 g/mol. The van der Waals surface area contributed by atoms with Gasteiger partial charge in [0, 0.05) is 32.9 Å². The molecule has 25 heavy (non-hydrogen) atoms. The Hall–Kier alpha value is -2.53. The highest BCUT2D eigenvalue weighted by Crippen LogP contribution is 2.12. The summed E-state index contributed by atoms with van der Waals surface area (Å²) in [6.45, 7) is 2.15. The topological polar surface area (TPSA) is 44.8 Å². The third-order valence-electron chi connectivity index (χ3n) is 3.84. The lowest BCUT2D eigenvalue weighted by Gasteiger charge is -2.17. The maximum Gasteiger partial charge on any atom is 0.234 e. The van der Waals surface area contributed by atoms with Crippen molar-refractivity contribution >= 4 is 11.6 Å². The molecule has 5 heteroatoms. The standard InChI is InChI=1S/C20H27N3O2/c1-22(2)18-11-9-17(10-12-18)15-21-20(24)16-23(3)13-14-25-19-7-5-4-6-8-19/h4-12H,13-16H2,1-3H3,(H,21,24). The SMILES string of the molecule is CN(CCOc1ccccc1)CC(=O)NCc1ccc(N(C)C)cc1. The molecule has 0 aliphatic heterocycles. The first-order chi connectivity index (χ1) is 12.0. The molecule has 0 aromatic heterocycles. The van der Waals surface area contributed by atoms with Crippen LogP contribution in [0.25, 0.3) is 0 Å². The van der Waals surface area contributed by atoms with E-state index in [0.29, 0.717) is 26.2 Å². The number of nitrogens with zero attached hydrogens (tertiary/aromatic N) is 2. The van der Waals surface area contributed by atoms with Crippen molar-refractivity contribution < 1.29 is 9.53 Å². The van der Waals surface area contributed by atoms with E-state index in [1.165, 1.54) is 0 Å². The van der Waals surface area contributed by atoms with Crippen molar-refractivity contribution in [2.24, 2.45) is 0 Å². The normalized spacial score (nSPS) is 10.6. The Balaban J connectivity index is 1.65. The summed E-state index contributed by atoms with van der Waals surface area (Å²) < 4.78 is 5.64. The van der Waals surface area contributed by atoms with Crippen LogP contribution in [0, 0.1) is 0 Å². The van der Waals surface area contributed by atoms with E-state index < -0.39 is 0 Å². The molecular weight excluding hydrogens is 314 g/mol. The van der Waals surface area contributed by atoms with Gasteiger partial charge in [-0.1, -0.05) is 30.3 Å². The minimum Gasteiger partial charge on any atom is -0.492 e. The van der Waals surface area contributed by atoms with Crippen molar-refractivity contribution in [3.63, 3.8) is 0 Å². The average molecular weight is 341 g/mol.